The molecular weight excluding hydrogens is 287 g/mol. The van der Waals surface area contributed by atoms with Crippen LogP contribution in [0.1, 0.15) is 12.5 Å². The maximum absolute atomic E-state index is 14.2. The number of hydrogen-bond donors (Lipinski definition) is 0. The average molecular weight is 302 g/mol. The molecule has 0 saturated carbocycles. The van der Waals surface area contributed by atoms with Gasteiger partial charge in [0, 0.05) is 0 Å². The lowest BCUT2D eigenvalue weighted by molar-refractivity contribution is 0.575. The molecule has 2 aromatic carbocycles. The van der Waals surface area contributed by atoms with Crippen LogP contribution in [0.25, 0.3) is 6.08 Å². The Kier molecular flexibility index (Phi) is 4.70. The van der Waals surface area contributed by atoms with Crippen molar-refractivity contribution in [1.82, 2.24) is 0 Å². The summed E-state index contributed by atoms with van der Waals surface area (Å²) in [6, 6.07) is 16.9. The lowest BCUT2D eigenvalue weighted by Gasteiger charge is -2.03. The van der Waals surface area contributed by atoms with E-state index >= 15 is 0 Å². The standard InChI is InChI=1S/C17H15FO2S/c1-14(12-13-15-8-4-2-5-9-15)17(18)21(19,20)16-10-6-3-7-11-16/h2-13H,1H3/b13-12+,17-14+. The SMILES string of the molecule is CC(/C=C/c1ccccc1)=C(/F)S(=O)(=O)c1ccccc1. The van der Waals surface area contributed by atoms with Gasteiger partial charge in [0.1, 0.15) is 0 Å². The van der Waals surface area contributed by atoms with Crippen molar-refractivity contribution >= 4 is 15.9 Å². The quantitative estimate of drug-likeness (QED) is 0.786. The third-order valence-electron chi connectivity index (χ3n) is 2.92. The minimum absolute atomic E-state index is 0.0463. The Morgan fingerprint density at radius 3 is 2.05 bits per heavy atom. The largest absolute Gasteiger partial charge is 0.233 e. The maximum Gasteiger partial charge on any atom is 0.233 e. The summed E-state index contributed by atoms with van der Waals surface area (Å²) in [6.07, 6.45) is 3.14. The monoisotopic (exact) mass is 302 g/mol. The number of rotatable bonds is 4. The molecule has 4 heteroatoms. The van der Waals surface area contributed by atoms with E-state index in [4.69, 9.17) is 0 Å². The van der Waals surface area contributed by atoms with Gasteiger partial charge in [-0.3, -0.25) is 0 Å². The van der Waals surface area contributed by atoms with Crippen LogP contribution in [-0.2, 0) is 9.84 Å². The van der Waals surface area contributed by atoms with E-state index in [9.17, 15) is 12.8 Å². The number of halogens is 1. The average Bonchev–Trinajstić information content (AvgIpc) is 2.53. The topological polar surface area (TPSA) is 34.1 Å². The summed E-state index contributed by atoms with van der Waals surface area (Å²) >= 11 is 0. The molecule has 0 unspecified atom stereocenters. The summed E-state index contributed by atoms with van der Waals surface area (Å²) in [4.78, 5) is -0.0463. The molecule has 2 rings (SSSR count). The predicted molar refractivity (Wildman–Crippen MR) is 82.9 cm³/mol. The van der Waals surface area contributed by atoms with E-state index in [2.05, 4.69) is 0 Å². The molecule has 0 fully saturated rings. The van der Waals surface area contributed by atoms with Crippen molar-refractivity contribution < 1.29 is 12.8 Å². The first-order valence-corrected chi connectivity index (χ1v) is 7.90. The summed E-state index contributed by atoms with van der Waals surface area (Å²) in [7, 11) is -4.08. The van der Waals surface area contributed by atoms with Crippen molar-refractivity contribution in [2.75, 3.05) is 0 Å². The summed E-state index contributed by atoms with van der Waals surface area (Å²) < 4.78 is 38.4. The van der Waals surface area contributed by atoms with Gasteiger partial charge >= 0.3 is 0 Å². The zero-order chi connectivity index (χ0) is 15.3. The van der Waals surface area contributed by atoms with Gasteiger partial charge in [-0.1, -0.05) is 60.7 Å². The molecule has 21 heavy (non-hydrogen) atoms. The van der Waals surface area contributed by atoms with E-state index in [0.717, 1.165) is 5.56 Å². The molecule has 0 aromatic heterocycles. The molecule has 0 atom stereocenters. The smallest absolute Gasteiger partial charge is 0.216 e. The fraction of sp³-hybridized carbons (Fsp3) is 0.0588. The highest BCUT2D eigenvalue weighted by Gasteiger charge is 2.21. The number of sulfone groups is 1. The number of hydrogen-bond acceptors (Lipinski definition) is 2. The van der Waals surface area contributed by atoms with Gasteiger partial charge in [-0.25, -0.2) is 8.42 Å². The fourth-order valence-corrected chi connectivity index (χ4v) is 2.98. The lowest BCUT2D eigenvalue weighted by atomic mass is 10.2. The molecule has 0 N–H and O–H groups in total. The molecular formula is C17H15FO2S. The summed E-state index contributed by atoms with van der Waals surface area (Å²) in [5.41, 5.74) is 0.949. The van der Waals surface area contributed by atoms with Crippen molar-refractivity contribution in [2.24, 2.45) is 0 Å². The third kappa shape index (κ3) is 3.67. The zero-order valence-electron chi connectivity index (χ0n) is 11.5. The Balaban J connectivity index is 2.33. The van der Waals surface area contributed by atoms with E-state index in [1.54, 1.807) is 24.3 Å². The van der Waals surface area contributed by atoms with Crippen LogP contribution in [0.5, 0.6) is 0 Å². The Bertz CT molecular complexity index is 761. The molecule has 0 amide bonds. The third-order valence-corrected chi connectivity index (χ3v) is 4.61. The van der Waals surface area contributed by atoms with Gasteiger partial charge in [0.25, 0.3) is 0 Å². The van der Waals surface area contributed by atoms with Gasteiger partial charge in [0.05, 0.1) is 4.90 Å². The van der Waals surface area contributed by atoms with Crippen LogP contribution in [0, 0.1) is 0 Å². The first-order valence-electron chi connectivity index (χ1n) is 6.41. The lowest BCUT2D eigenvalue weighted by Crippen LogP contribution is -2.02. The number of allylic oxidation sites excluding steroid dienone is 2. The summed E-state index contributed by atoms with van der Waals surface area (Å²) in [6.45, 7) is 1.44. The molecule has 0 radical (unpaired) electrons. The van der Waals surface area contributed by atoms with Crippen LogP contribution in [0.15, 0.2) is 82.4 Å². The molecule has 108 valence electrons. The summed E-state index contributed by atoms with van der Waals surface area (Å²) in [5, 5.41) is -1.12. The van der Waals surface area contributed by atoms with Crippen LogP contribution in [0.2, 0.25) is 0 Å². The van der Waals surface area contributed by atoms with Crippen LogP contribution >= 0.6 is 0 Å². The molecule has 0 aliphatic carbocycles. The first-order chi connectivity index (χ1) is 10.0. The number of benzene rings is 2. The molecule has 2 aromatic rings. The second-order valence-electron chi connectivity index (χ2n) is 4.52. The van der Waals surface area contributed by atoms with Gasteiger partial charge in [-0.2, -0.15) is 4.39 Å². The van der Waals surface area contributed by atoms with E-state index in [1.165, 1.54) is 25.1 Å². The van der Waals surface area contributed by atoms with E-state index in [0.29, 0.717) is 0 Å². The second-order valence-corrected chi connectivity index (χ2v) is 6.35. The van der Waals surface area contributed by atoms with Gasteiger partial charge in [-0.05, 0) is 30.2 Å². The van der Waals surface area contributed by atoms with Crippen LogP contribution < -0.4 is 0 Å². The maximum atomic E-state index is 14.2. The highest BCUT2D eigenvalue weighted by molar-refractivity contribution is 7.95. The van der Waals surface area contributed by atoms with Gasteiger partial charge in [0.15, 0.2) is 0 Å². The fourth-order valence-electron chi connectivity index (χ4n) is 1.77. The van der Waals surface area contributed by atoms with Gasteiger partial charge in [-0.15, -0.1) is 0 Å². The van der Waals surface area contributed by atoms with Crippen molar-refractivity contribution in [3.63, 3.8) is 0 Å². The van der Waals surface area contributed by atoms with Crippen molar-refractivity contribution in [3.05, 3.63) is 83.0 Å². The van der Waals surface area contributed by atoms with Gasteiger partial charge in [0.2, 0.25) is 15.0 Å². The Labute approximate surface area is 124 Å². The zero-order valence-corrected chi connectivity index (χ0v) is 12.3. The molecule has 0 saturated heterocycles. The Morgan fingerprint density at radius 2 is 1.48 bits per heavy atom. The van der Waals surface area contributed by atoms with Crippen molar-refractivity contribution in [3.8, 4) is 0 Å². The van der Waals surface area contributed by atoms with Crippen LogP contribution in [0.4, 0.5) is 4.39 Å². The van der Waals surface area contributed by atoms with Crippen LogP contribution in [-0.4, -0.2) is 8.42 Å². The van der Waals surface area contributed by atoms with Crippen molar-refractivity contribution in [2.45, 2.75) is 11.8 Å². The minimum Gasteiger partial charge on any atom is -0.216 e. The molecule has 0 bridgehead atoms. The highest BCUT2D eigenvalue weighted by Crippen LogP contribution is 2.23. The van der Waals surface area contributed by atoms with Crippen LogP contribution in [0.3, 0.4) is 0 Å². The summed E-state index contributed by atoms with van der Waals surface area (Å²) in [5.74, 6) is 0. The second kappa shape index (κ2) is 6.50. The van der Waals surface area contributed by atoms with E-state index in [-0.39, 0.29) is 10.5 Å². The molecule has 0 spiro atoms. The minimum atomic E-state index is -4.08. The first kappa shape index (κ1) is 15.2. The predicted octanol–water partition coefficient (Wildman–Crippen LogP) is 4.37. The Morgan fingerprint density at radius 1 is 0.952 bits per heavy atom. The van der Waals surface area contributed by atoms with E-state index in [1.807, 2.05) is 30.3 Å². The normalized spacial score (nSPS) is 13.2. The van der Waals surface area contributed by atoms with Crippen molar-refractivity contribution in [1.29, 1.82) is 0 Å². The van der Waals surface area contributed by atoms with Gasteiger partial charge < -0.3 is 0 Å². The highest BCUT2D eigenvalue weighted by atomic mass is 32.2. The molecule has 0 heterocycles. The Hall–Kier alpha value is -2.20. The van der Waals surface area contributed by atoms with E-state index < -0.39 is 15.0 Å². The molecule has 2 nitrogen and oxygen atoms in total. The molecule has 0 aliphatic rings. The molecule has 0 aliphatic heterocycles.